The average Bonchev–Trinajstić information content (AvgIpc) is 3.31. The van der Waals surface area contributed by atoms with Gasteiger partial charge in [-0.2, -0.15) is 5.10 Å². The molecular formula is C27H35N5O3S. The fraction of sp³-hybridized carbons (Fsp3) is 0.370. The molecule has 3 aromatic rings. The van der Waals surface area contributed by atoms with Gasteiger partial charge in [0.05, 0.1) is 11.4 Å². The van der Waals surface area contributed by atoms with Gasteiger partial charge in [0.25, 0.3) is 0 Å². The maximum Gasteiger partial charge on any atom is 0.234 e. The van der Waals surface area contributed by atoms with E-state index in [1.807, 2.05) is 66.3 Å². The predicted octanol–water partition coefficient (Wildman–Crippen LogP) is 3.65. The number of likely N-dealkylation sites (N-methyl/N-ethyl adjacent to an activating group) is 1. The molecule has 8 nitrogen and oxygen atoms in total. The monoisotopic (exact) mass is 509 g/mol. The van der Waals surface area contributed by atoms with E-state index in [0.29, 0.717) is 12.4 Å². The van der Waals surface area contributed by atoms with Gasteiger partial charge in [0.1, 0.15) is 18.6 Å². The normalized spacial score (nSPS) is 14.0. The molecule has 0 aliphatic carbocycles. The molecule has 36 heavy (non-hydrogen) atoms. The van der Waals surface area contributed by atoms with Crippen LogP contribution in [0.2, 0.25) is 0 Å². The summed E-state index contributed by atoms with van der Waals surface area (Å²) in [5.41, 5.74) is 2.61. The van der Waals surface area contributed by atoms with Gasteiger partial charge in [0.2, 0.25) is 5.91 Å². The summed E-state index contributed by atoms with van der Waals surface area (Å²) in [6.07, 6.45) is 2.52. The number of aldehydes is 1. The van der Waals surface area contributed by atoms with Gasteiger partial charge in [-0.25, -0.2) is 0 Å². The van der Waals surface area contributed by atoms with Crippen molar-refractivity contribution in [2.75, 3.05) is 57.4 Å². The minimum absolute atomic E-state index is 0.0384. The van der Waals surface area contributed by atoms with E-state index >= 15 is 0 Å². The first kappa shape index (κ1) is 27.4. The number of nitrogens with zero attached hydrogens (tertiary/aromatic N) is 4. The summed E-state index contributed by atoms with van der Waals surface area (Å²) < 4.78 is 8.02. The molecule has 1 saturated heterocycles. The first-order chi connectivity index (χ1) is 17.5. The summed E-state index contributed by atoms with van der Waals surface area (Å²) in [5, 5.41) is 7.32. The van der Waals surface area contributed by atoms with Crippen molar-refractivity contribution in [1.29, 1.82) is 0 Å². The highest BCUT2D eigenvalue weighted by atomic mass is 32.2. The van der Waals surface area contributed by atoms with Gasteiger partial charge in [0.15, 0.2) is 0 Å². The van der Waals surface area contributed by atoms with Crippen LogP contribution in [-0.2, 0) is 16.6 Å². The number of aromatic nitrogens is 2. The highest BCUT2D eigenvalue weighted by Crippen LogP contribution is 2.32. The number of thioether (sulfide) groups is 1. The number of carbonyl (C=O) groups excluding carboxylic acids is 2. The lowest BCUT2D eigenvalue weighted by atomic mass is 10.1. The largest absolute Gasteiger partial charge is 0.492 e. The average molecular weight is 510 g/mol. The van der Waals surface area contributed by atoms with Gasteiger partial charge in [-0.15, -0.1) is 11.8 Å². The molecular weight excluding hydrogens is 474 g/mol. The third kappa shape index (κ3) is 8.51. The number of ether oxygens (including phenoxy) is 1. The van der Waals surface area contributed by atoms with Crippen molar-refractivity contribution in [2.45, 2.75) is 11.8 Å². The minimum atomic E-state index is -0.0384. The van der Waals surface area contributed by atoms with Crippen molar-refractivity contribution in [3.05, 3.63) is 60.8 Å². The Morgan fingerprint density at radius 3 is 2.47 bits per heavy atom. The number of rotatable bonds is 9. The molecule has 4 rings (SSSR count). The molecule has 1 fully saturated rings. The lowest BCUT2D eigenvalue weighted by Crippen LogP contribution is -2.45. The van der Waals surface area contributed by atoms with E-state index in [0.717, 1.165) is 66.6 Å². The van der Waals surface area contributed by atoms with E-state index in [1.54, 1.807) is 6.20 Å². The molecule has 1 N–H and O–H groups in total. The van der Waals surface area contributed by atoms with Gasteiger partial charge in [-0.1, -0.05) is 18.2 Å². The van der Waals surface area contributed by atoms with Gasteiger partial charge in [0, 0.05) is 62.1 Å². The van der Waals surface area contributed by atoms with E-state index in [-0.39, 0.29) is 5.91 Å². The van der Waals surface area contributed by atoms with Gasteiger partial charge >= 0.3 is 0 Å². The molecule has 1 aliphatic rings. The van der Waals surface area contributed by atoms with Crippen molar-refractivity contribution < 1.29 is 14.3 Å². The third-order valence-corrected chi connectivity index (χ3v) is 6.75. The topological polar surface area (TPSA) is 79.7 Å². The smallest absolute Gasteiger partial charge is 0.234 e. The molecule has 9 heteroatoms. The van der Waals surface area contributed by atoms with Crippen LogP contribution in [0.1, 0.15) is 6.92 Å². The van der Waals surface area contributed by atoms with Crippen LogP contribution < -0.4 is 10.1 Å². The second-order valence-electron chi connectivity index (χ2n) is 8.43. The number of hydrogen-bond acceptors (Lipinski definition) is 7. The Hall–Kier alpha value is -3.14. The van der Waals surface area contributed by atoms with E-state index in [2.05, 4.69) is 27.3 Å². The number of piperazine rings is 1. The van der Waals surface area contributed by atoms with Crippen molar-refractivity contribution in [3.8, 4) is 17.0 Å². The van der Waals surface area contributed by atoms with Crippen molar-refractivity contribution in [1.82, 2.24) is 19.6 Å². The summed E-state index contributed by atoms with van der Waals surface area (Å²) in [5.74, 6) is 1.11. The Labute approximate surface area is 217 Å². The second kappa shape index (κ2) is 14.4. The number of anilines is 1. The predicted molar refractivity (Wildman–Crippen MR) is 146 cm³/mol. The Bertz CT molecular complexity index is 1100. The van der Waals surface area contributed by atoms with Crippen molar-refractivity contribution in [2.24, 2.45) is 7.05 Å². The fourth-order valence-electron chi connectivity index (χ4n) is 3.79. The van der Waals surface area contributed by atoms with Crippen LogP contribution in [-0.4, -0.2) is 83.9 Å². The molecule has 0 spiro atoms. The van der Waals surface area contributed by atoms with Crippen LogP contribution in [0.4, 0.5) is 5.69 Å². The number of amides is 1. The SMILES string of the molecule is CC=O.CN1CCN(CCOc2ccc(NC(=O)CSc3ccccc3)cc2-c2ccnn2C)CC1. The molecule has 0 saturated carbocycles. The second-order valence-corrected chi connectivity index (χ2v) is 9.48. The molecule has 1 amide bonds. The minimum Gasteiger partial charge on any atom is -0.492 e. The third-order valence-electron chi connectivity index (χ3n) is 5.73. The van der Waals surface area contributed by atoms with E-state index < -0.39 is 0 Å². The molecule has 2 aromatic carbocycles. The molecule has 1 aliphatic heterocycles. The zero-order valence-corrected chi connectivity index (χ0v) is 22.0. The Morgan fingerprint density at radius 1 is 1.08 bits per heavy atom. The molecule has 2 heterocycles. The molecule has 0 bridgehead atoms. The van der Waals surface area contributed by atoms with Crippen molar-refractivity contribution in [3.63, 3.8) is 0 Å². The quantitative estimate of drug-likeness (QED) is 0.348. The maximum atomic E-state index is 12.5. The lowest BCUT2D eigenvalue weighted by molar-refractivity contribution is -0.113. The maximum absolute atomic E-state index is 12.5. The molecule has 1 aromatic heterocycles. The number of carbonyl (C=O) groups is 2. The van der Waals surface area contributed by atoms with E-state index in [9.17, 15) is 4.79 Å². The van der Waals surface area contributed by atoms with E-state index in [1.165, 1.54) is 18.7 Å². The van der Waals surface area contributed by atoms with Gasteiger partial charge < -0.3 is 19.7 Å². The Morgan fingerprint density at radius 2 is 1.81 bits per heavy atom. The highest BCUT2D eigenvalue weighted by molar-refractivity contribution is 8.00. The zero-order valence-electron chi connectivity index (χ0n) is 21.2. The summed E-state index contributed by atoms with van der Waals surface area (Å²) >= 11 is 1.52. The van der Waals surface area contributed by atoms with Gasteiger partial charge in [-0.05, 0) is 50.4 Å². The van der Waals surface area contributed by atoms with Crippen LogP contribution in [0.25, 0.3) is 11.3 Å². The van der Waals surface area contributed by atoms with Crippen LogP contribution in [0, 0.1) is 0 Å². The zero-order chi connectivity index (χ0) is 25.8. The van der Waals surface area contributed by atoms with Crippen LogP contribution >= 0.6 is 11.8 Å². The van der Waals surface area contributed by atoms with Crippen LogP contribution in [0.15, 0.2) is 65.7 Å². The van der Waals surface area contributed by atoms with Crippen LogP contribution in [0.5, 0.6) is 5.75 Å². The standard InChI is InChI=1S/C25H31N5O2S.C2H4O/c1-28-12-14-30(15-13-28)16-17-32-24-9-8-20(18-22(24)23-10-11-26-29(23)2)27-25(31)19-33-21-6-4-3-5-7-21;1-2-3/h3-11,18H,12-17,19H2,1-2H3,(H,27,31);2H,1H3. The Balaban J connectivity index is 0.00000115. The van der Waals surface area contributed by atoms with E-state index in [4.69, 9.17) is 9.53 Å². The first-order valence-corrected chi connectivity index (χ1v) is 13.0. The van der Waals surface area contributed by atoms with Gasteiger partial charge in [-0.3, -0.25) is 14.4 Å². The molecule has 0 atom stereocenters. The lowest BCUT2D eigenvalue weighted by Gasteiger charge is -2.32. The Kier molecular flexibility index (Phi) is 11.0. The summed E-state index contributed by atoms with van der Waals surface area (Å²) in [7, 11) is 4.07. The molecule has 0 radical (unpaired) electrons. The number of nitrogens with one attached hydrogen (secondary N) is 1. The number of hydrogen-bond donors (Lipinski definition) is 1. The molecule has 192 valence electrons. The summed E-state index contributed by atoms with van der Waals surface area (Å²) in [4.78, 5) is 27.2. The molecule has 0 unspecified atom stereocenters. The summed E-state index contributed by atoms with van der Waals surface area (Å²) in [6, 6.07) is 17.7. The fourth-order valence-corrected chi connectivity index (χ4v) is 4.51. The van der Waals surface area contributed by atoms with Crippen molar-refractivity contribution >= 4 is 29.6 Å². The number of aryl methyl sites for hydroxylation is 1. The van der Waals surface area contributed by atoms with Crippen LogP contribution in [0.3, 0.4) is 0 Å². The number of benzene rings is 2. The highest BCUT2D eigenvalue weighted by Gasteiger charge is 2.16. The summed E-state index contributed by atoms with van der Waals surface area (Å²) in [6.45, 7) is 7.29. The first-order valence-electron chi connectivity index (χ1n) is 12.0.